The van der Waals surface area contributed by atoms with Gasteiger partial charge in [0.2, 0.25) is 0 Å². The van der Waals surface area contributed by atoms with Gasteiger partial charge in [-0.1, -0.05) is 0 Å². The van der Waals surface area contributed by atoms with Crippen molar-refractivity contribution >= 4 is 34.1 Å². The number of alkyl halides is 1. The number of rotatable bonds is 6. The second-order valence-corrected chi connectivity index (χ2v) is 6.02. The van der Waals surface area contributed by atoms with Gasteiger partial charge in [-0.25, -0.2) is 14.6 Å². The largest absolute Gasteiger partial charge is 0.312 e. The van der Waals surface area contributed by atoms with Crippen molar-refractivity contribution in [2.75, 3.05) is 5.88 Å². The van der Waals surface area contributed by atoms with Gasteiger partial charge in [0.25, 0.3) is 0 Å². The van der Waals surface area contributed by atoms with Crippen molar-refractivity contribution in [3.63, 3.8) is 0 Å². The molecule has 0 spiro atoms. The van der Waals surface area contributed by atoms with Crippen LogP contribution in [0.3, 0.4) is 0 Å². The van der Waals surface area contributed by atoms with Crippen molar-refractivity contribution in [1.82, 2.24) is 24.3 Å². The van der Waals surface area contributed by atoms with Crippen molar-refractivity contribution in [2.45, 2.75) is 39.8 Å². The third-order valence-corrected chi connectivity index (χ3v) is 4.39. The number of hydrogen-bond acceptors (Lipinski definition) is 4. The maximum absolute atomic E-state index is 5.93. The zero-order valence-corrected chi connectivity index (χ0v) is 13.8. The van der Waals surface area contributed by atoms with E-state index in [0.29, 0.717) is 5.88 Å². The highest BCUT2D eigenvalue weighted by molar-refractivity contribution is 7.07. The standard InChI is InChI=1S/C14H18ClN5S/c1-3-20-14-13(10(2)18-20)17-12(4-6-15)19(14)7-5-11-8-21-9-16-11/h8-9H,3-7H2,1-2H3. The number of aryl methyl sites for hydroxylation is 5. The fourth-order valence-electron chi connectivity index (χ4n) is 2.59. The fraction of sp³-hybridized carbons (Fsp3) is 0.500. The maximum Gasteiger partial charge on any atom is 0.158 e. The normalized spacial score (nSPS) is 11.6. The SMILES string of the molecule is CCn1nc(C)c2nc(CCCl)n(CCc3cscn3)c21. The fourth-order valence-corrected chi connectivity index (χ4v) is 3.35. The number of thiazole rings is 1. The zero-order chi connectivity index (χ0) is 14.8. The molecule has 0 unspecified atom stereocenters. The topological polar surface area (TPSA) is 48.5 Å². The second-order valence-electron chi connectivity index (χ2n) is 4.92. The molecule has 21 heavy (non-hydrogen) atoms. The summed E-state index contributed by atoms with van der Waals surface area (Å²) in [5.74, 6) is 1.62. The van der Waals surface area contributed by atoms with Gasteiger partial charge in [-0.3, -0.25) is 0 Å². The molecule has 0 aliphatic carbocycles. The van der Waals surface area contributed by atoms with Crippen molar-refractivity contribution < 1.29 is 0 Å². The lowest BCUT2D eigenvalue weighted by Crippen LogP contribution is -2.11. The number of hydrogen-bond donors (Lipinski definition) is 0. The van der Waals surface area contributed by atoms with Crippen molar-refractivity contribution in [2.24, 2.45) is 0 Å². The predicted molar refractivity (Wildman–Crippen MR) is 86.2 cm³/mol. The molecule has 0 aliphatic rings. The third-order valence-electron chi connectivity index (χ3n) is 3.57. The van der Waals surface area contributed by atoms with Crippen LogP contribution >= 0.6 is 22.9 Å². The van der Waals surface area contributed by atoms with Crippen molar-refractivity contribution in [3.05, 3.63) is 28.1 Å². The van der Waals surface area contributed by atoms with E-state index in [1.54, 1.807) is 11.3 Å². The van der Waals surface area contributed by atoms with Gasteiger partial charge in [-0.15, -0.1) is 22.9 Å². The molecular weight excluding hydrogens is 306 g/mol. The summed E-state index contributed by atoms with van der Waals surface area (Å²) in [6, 6.07) is 0. The molecular formula is C14H18ClN5S. The highest BCUT2D eigenvalue weighted by Crippen LogP contribution is 2.21. The molecule has 0 fully saturated rings. The van der Waals surface area contributed by atoms with Crippen LogP contribution in [0, 0.1) is 6.92 Å². The Morgan fingerprint density at radius 3 is 2.86 bits per heavy atom. The van der Waals surface area contributed by atoms with E-state index in [1.165, 1.54) is 0 Å². The van der Waals surface area contributed by atoms with Gasteiger partial charge in [0.15, 0.2) is 5.65 Å². The molecule has 112 valence electrons. The number of fused-ring (bicyclic) bond motifs is 1. The van der Waals surface area contributed by atoms with E-state index in [4.69, 9.17) is 16.6 Å². The van der Waals surface area contributed by atoms with Crippen molar-refractivity contribution in [3.8, 4) is 0 Å². The van der Waals surface area contributed by atoms with E-state index in [-0.39, 0.29) is 0 Å². The molecule has 3 heterocycles. The highest BCUT2D eigenvalue weighted by atomic mass is 35.5. The minimum absolute atomic E-state index is 0.578. The number of aromatic nitrogens is 5. The van der Waals surface area contributed by atoms with Gasteiger partial charge in [0.05, 0.1) is 16.9 Å². The molecule has 7 heteroatoms. The summed E-state index contributed by atoms with van der Waals surface area (Å²) < 4.78 is 4.27. The molecule has 0 radical (unpaired) electrons. The molecule has 5 nitrogen and oxygen atoms in total. The lowest BCUT2D eigenvalue weighted by Gasteiger charge is -2.09. The Kier molecular flexibility index (Phi) is 4.26. The van der Waals surface area contributed by atoms with Gasteiger partial charge in [-0.2, -0.15) is 5.10 Å². The van der Waals surface area contributed by atoms with Crippen molar-refractivity contribution in [1.29, 1.82) is 0 Å². The van der Waals surface area contributed by atoms with E-state index in [9.17, 15) is 0 Å². The van der Waals surface area contributed by atoms with Gasteiger partial charge in [0.1, 0.15) is 11.3 Å². The number of halogens is 1. The van der Waals surface area contributed by atoms with Crippen LogP contribution in [0.2, 0.25) is 0 Å². The average Bonchev–Trinajstić information content (AvgIpc) is 3.16. The van der Waals surface area contributed by atoms with Crippen LogP contribution in [-0.4, -0.2) is 30.2 Å². The van der Waals surface area contributed by atoms with Crippen LogP contribution in [0.25, 0.3) is 11.2 Å². The monoisotopic (exact) mass is 323 g/mol. The predicted octanol–water partition coefficient (Wildman–Crippen LogP) is 3.04. The molecule has 3 rings (SSSR count). The molecule has 0 aliphatic heterocycles. The second kappa shape index (κ2) is 6.15. The molecule has 0 atom stereocenters. The van der Waals surface area contributed by atoms with Crippen LogP contribution in [0.15, 0.2) is 10.9 Å². The Morgan fingerprint density at radius 2 is 2.19 bits per heavy atom. The van der Waals surface area contributed by atoms with E-state index in [0.717, 1.165) is 54.3 Å². The lowest BCUT2D eigenvalue weighted by molar-refractivity contribution is 0.608. The molecule has 0 N–H and O–H groups in total. The lowest BCUT2D eigenvalue weighted by atomic mass is 10.3. The first-order valence-electron chi connectivity index (χ1n) is 7.10. The first-order chi connectivity index (χ1) is 10.2. The summed E-state index contributed by atoms with van der Waals surface area (Å²) in [4.78, 5) is 9.10. The van der Waals surface area contributed by atoms with E-state index in [1.807, 2.05) is 17.1 Å². The van der Waals surface area contributed by atoms with E-state index in [2.05, 4.69) is 27.0 Å². The molecule has 0 saturated carbocycles. The number of nitrogens with zero attached hydrogens (tertiary/aromatic N) is 5. The van der Waals surface area contributed by atoms with Crippen LogP contribution < -0.4 is 0 Å². The molecule has 0 bridgehead atoms. The smallest absolute Gasteiger partial charge is 0.158 e. The summed E-state index contributed by atoms with van der Waals surface area (Å²) in [5.41, 5.74) is 6.08. The van der Waals surface area contributed by atoms with Gasteiger partial charge in [0, 0.05) is 37.2 Å². The quantitative estimate of drug-likeness (QED) is 0.655. The molecule has 3 aromatic heterocycles. The van der Waals surface area contributed by atoms with Gasteiger partial charge in [-0.05, 0) is 13.8 Å². The zero-order valence-electron chi connectivity index (χ0n) is 12.2. The Labute approximate surface area is 132 Å². The first-order valence-corrected chi connectivity index (χ1v) is 8.57. The Bertz CT molecular complexity index is 728. The molecule has 0 aromatic carbocycles. The Hall–Kier alpha value is -1.40. The average molecular weight is 324 g/mol. The van der Waals surface area contributed by atoms with Gasteiger partial charge < -0.3 is 4.57 Å². The number of imidazole rings is 1. The van der Waals surface area contributed by atoms with Crippen LogP contribution in [0.5, 0.6) is 0 Å². The first kappa shape index (κ1) is 14.5. The minimum Gasteiger partial charge on any atom is -0.312 e. The summed E-state index contributed by atoms with van der Waals surface area (Å²) >= 11 is 7.56. The highest BCUT2D eigenvalue weighted by Gasteiger charge is 2.17. The van der Waals surface area contributed by atoms with Crippen LogP contribution in [0.4, 0.5) is 0 Å². The summed E-state index contributed by atoms with van der Waals surface area (Å²) in [6.07, 6.45) is 1.68. The Morgan fingerprint density at radius 1 is 1.33 bits per heavy atom. The third kappa shape index (κ3) is 2.70. The van der Waals surface area contributed by atoms with Crippen LogP contribution in [0.1, 0.15) is 24.1 Å². The van der Waals surface area contributed by atoms with Gasteiger partial charge >= 0.3 is 0 Å². The van der Waals surface area contributed by atoms with Crippen LogP contribution in [-0.2, 0) is 25.9 Å². The molecule has 0 saturated heterocycles. The van der Waals surface area contributed by atoms with E-state index >= 15 is 0 Å². The summed E-state index contributed by atoms with van der Waals surface area (Å²) in [6.45, 7) is 5.81. The maximum atomic E-state index is 5.93. The Balaban J connectivity index is 2.01. The molecule has 0 amide bonds. The summed E-state index contributed by atoms with van der Waals surface area (Å²) in [7, 11) is 0. The molecule has 3 aromatic rings. The minimum atomic E-state index is 0.578. The van der Waals surface area contributed by atoms with E-state index < -0.39 is 0 Å². The summed E-state index contributed by atoms with van der Waals surface area (Å²) in [5, 5.41) is 6.66.